The Morgan fingerprint density at radius 3 is 2.29 bits per heavy atom. The van der Waals surface area contributed by atoms with Crippen LogP contribution in [0.1, 0.15) is 0 Å². The first-order valence-electron chi connectivity index (χ1n) is 2.61. The molecule has 2 heteroatoms. The van der Waals surface area contributed by atoms with Crippen LogP contribution in [0.3, 0.4) is 0 Å². The van der Waals surface area contributed by atoms with Crippen LogP contribution >= 0.6 is 0 Å². The van der Waals surface area contributed by atoms with Gasteiger partial charge in [0.1, 0.15) is 0 Å². The van der Waals surface area contributed by atoms with Gasteiger partial charge in [-0.25, -0.2) is 0 Å². The molecule has 0 aromatic rings. The SMILES string of the molecule is C[O][In]1[CH2]C=C[CH2]1. The zero-order chi connectivity index (χ0) is 5.11. The summed E-state index contributed by atoms with van der Waals surface area (Å²) in [6.45, 7) is 0. The number of allylic oxidation sites excluding steroid dienone is 2. The van der Waals surface area contributed by atoms with E-state index in [1.54, 1.807) is 0 Å². The molecule has 0 amide bonds. The summed E-state index contributed by atoms with van der Waals surface area (Å²) in [6, 6.07) is 0. The molecule has 0 fully saturated rings. The third kappa shape index (κ3) is 1.50. The summed E-state index contributed by atoms with van der Waals surface area (Å²) >= 11 is -1.26. The quantitative estimate of drug-likeness (QED) is 0.577. The number of hydrogen-bond donors (Lipinski definition) is 0. The molecule has 0 saturated heterocycles. The van der Waals surface area contributed by atoms with E-state index >= 15 is 0 Å². The fraction of sp³-hybridized carbons (Fsp3) is 0.600. The van der Waals surface area contributed by atoms with Gasteiger partial charge in [-0.1, -0.05) is 0 Å². The second kappa shape index (κ2) is 2.78. The molecule has 38 valence electrons. The van der Waals surface area contributed by atoms with Crippen LogP contribution in [0.5, 0.6) is 0 Å². The number of rotatable bonds is 1. The summed E-state index contributed by atoms with van der Waals surface area (Å²) in [5, 5.41) is 0. The zero-order valence-electron chi connectivity index (χ0n) is 4.55. The van der Waals surface area contributed by atoms with Gasteiger partial charge in [0.25, 0.3) is 0 Å². The summed E-state index contributed by atoms with van der Waals surface area (Å²) in [7, 11) is 1.85. The van der Waals surface area contributed by atoms with Crippen molar-refractivity contribution in [2.24, 2.45) is 0 Å². The van der Waals surface area contributed by atoms with Crippen molar-refractivity contribution in [3.8, 4) is 0 Å². The Kier molecular flexibility index (Phi) is 2.26. The Labute approximate surface area is 52.5 Å². The predicted molar refractivity (Wildman–Crippen MR) is 31.5 cm³/mol. The molecule has 0 N–H and O–H groups in total. The maximum atomic E-state index is 5.26. The van der Waals surface area contributed by atoms with Crippen molar-refractivity contribution in [1.29, 1.82) is 0 Å². The van der Waals surface area contributed by atoms with Gasteiger partial charge in [-0.3, -0.25) is 0 Å². The standard InChI is InChI=1S/C4H6.CH3O.In/c1-3-4-2;1-2;/h3-4H,1-2H2;1H3;/q;-1;+1. The van der Waals surface area contributed by atoms with Crippen LogP contribution < -0.4 is 0 Å². The van der Waals surface area contributed by atoms with Gasteiger partial charge in [0.05, 0.1) is 0 Å². The minimum absolute atomic E-state index is 1.26. The summed E-state index contributed by atoms with van der Waals surface area (Å²) in [6.07, 6.45) is 4.51. The Morgan fingerprint density at radius 2 is 2.00 bits per heavy atom. The van der Waals surface area contributed by atoms with E-state index in [-0.39, 0.29) is 0 Å². The molecule has 0 aromatic heterocycles. The maximum absolute atomic E-state index is 5.26. The van der Waals surface area contributed by atoms with Crippen molar-refractivity contribution in [2.75, 3.05) is 7.11 Å². The first-order chi connectivity index (χ1) is 3.43. The van der Waals surface area contributed by atoms with Gasteiger partial charge in [-0.05, 0) is 0 Å². The molecule has 1 nitrogen and oxygen atoms in total. The second-order valence-corrected chi connectivity index (χ2v) is 9.39. The molecule has 0 spiro atoms. The molecule has 1 heterocycles. The second-order valence-electron chi connectivity index (χ2n) is 1.80. The number of hydrogen-bond acceptors (Lipinski definition) is 1. The van der Waals surface area contributed by atoms with Gasteiger partial charge in [0.15, 0.2) is 0 Å². The normalized spacial score (nSPS) is 18.7. The molecule has 0 radical (unpaired) electrons. The molecular formula is C5H9InO. The van der Waals surface area contributed by atoms with E-state index in [0.717, 1.165) is 0 Å². The van der Waals surface area contributed by atoms with Gasteiger partial charge >= 0.3 is 52.3 Å². The average molecular weight is 200 g/mol. The molecular weight excluding hydrogens is 191 g/mol. The topological polar surface area (TPSA) is 9.23 Å². The Balaban J connectivity index is 2.22. The minimum atomic E-state index is -1.26. The summed E-state index contributed by atoms with van der Waals surface area (Å²) in [5.41, 5.74) is 0. The molecule has 0 unspecified atom stereocenters. The third-order valence-electron chi connectivity index (χ3n) is 1.30. The molecule has 1 rings (SSSR count). The predicted octanol–water partition coefficient (Wildman–Crippen LogP) is 1.19. The molecule has 0 bridgehead atoms. The van der Waals surface area contributed by atoms with E-state index in [4.69, 9.17) is 2.85 Å². The van der Waals surface area contributed by atoms with Gasteiger partial charge in [-0.2, -0.15) is 0 Å². The first kappa shape index (κ1) is 5.70. The van der Waals surface area contributed by atoms with E-state index in [2.05, 4.69) is 12.2 Å². The van der Waals surface area contributed by atoms with Crippen LogP contribution in [-0.2, 0) is 2.85 Å². The molecule has 1 aliphatic rings. The van der Waals surface area contributed by atoms with E-state index in [1.807, 2.05) is 7.11 Å². The third-order valence-corrected chi connectivity index (χ3v) is 7.76. The van der Waals surface area contributed by atoms with Crippen molar-refractivity contribution in [3.05, 3.63) is 12.2 Å². The Morgan fingerprint density at radius 1 is 1.43 bits per heavy atom. The van der Waals surface area contributed by atoms with Crippen molar-refractivity contribution < 1.29 is 2.85 Å². The molecule has 0 saturated carbocycles. The van der Waals surface area contributed by atoms with E-state index < -0.39 is 21.9 Å². The summed E-state index contributed by atoms with van der Waals surface area (Å²) in [4.78, 5) is 0. The van der Waals surface area contributed by atoms with Crippen LogP contribution in [0.25, 0.3) is 0 Å². The van der Waals surface area contributed by atoms with Crippen LogP contribution in [-0.4, -0.2) is 29.0 Å². The molecule has 7 heavy (non-hydrogen) atoms. The monoisotopic (exact) mass is 200 g/mol. The van der Waals surface area contributed by atoms with Crippen molar-refractivity contribution >= 4 is 21.9 Å². The van der Waals surface area contributed by atoms with Crippen molar-refractivity contribution in [1.82, 2.24) is 0 Å². The van der Waals surface area contributed by atoms with Crippen LogP contribution in [0.2, 0.25) is 8.35 Å². The van der Waals surface area contributed by atoms with E-state index in [1.165, 1.54) is 8.35 Å². The van der Waals surface area contributed by atoms with Crippen LogP contribution in [0, 0.1) is 0 Å². The molecule has 1 aliphatic heterocycles. The van der Waals surface area contributed by atoms with Crippen molar-refractivity contribution in [2.45, 2.75) is 8.35 Å². The van der Waals surface area contributed by atoms with E-state index in [0.29, 0.717) is 0 Å². The van der Waals surface area contributed by atoms with Crippen molar-refractivity contribution in [3.63, 3.8) is 0 Å². The fourth-order valence-corrected chi connectivity index (χ4v) is 5.26. The first-order valence-corrected chi connectivity index (χ1v) is 8.62. The molecule has 0 aliphatic carbocycles. The van der Waals surface area contributed by atoms with Crippen LogP contribution in [0.4, 0.5) is 0 Å². The van der Waals surface area contributed by atoms with Gasteiger partial charge < -0.3 is 0 Å². The summed E-state index contributed by atoms with van der Waals surface area (Å²) in [5.74, 6) is 0. The summed E-state index contributed by atoms with van der Waals surface area (Å²) < 4.78 is 7.89. The van der Waals surface area contributed by atoms with E-state index in [9.17, 15) is 0 Å². The average Bonchev–Trinajstić information content (AvgIpc) is 2.14. The van der Waals surface area contributed by atoms with Crippen LogP contribution in [0.15, 0.2) is 12.2 Å². The fourth-order valence-electron chi connectivity index (χ4n) is 0.785. The Bertz CT molecular complexity index is 72.1. The van der Waals surface area contributed by atoms with Gasteiger partial charge in [-0.15, -0.1) is 0 Å². The zero-order valence-corrected chi connectivity index (χ0v) is 7.85. The van der Waals surface area contributed by atoms with Gasteiger partial charge in [0, 0.05) is 0 Å². The molecule has 0 atom stereocenters. The Hall–Kier alpha value is 0.570. The molecule has 0 aromatic carbocycles. The van der Waals surface area contributed by atoms with Gasteiger partial charge in [0.2, 0.25) is 0 Å².